The molecule has 0 aliphatic rings. The first-order valence-electron chi connectivity index (χ1n) is 2.98. The van der Waals surface area contributed by atoms with Crippen LogP contribution in [-0.2, 0) is 19.2 Å². The second-order valence-electron chi connectivity index (χ2n) is 1.74. The number of hydrogen-bond donors (Lipinski definition) is 0. The van der Waals surface area contributed by atoms with Gasteiger partial charge < -0.3 is 9.57 Å². The number of rotatable bonds is 4. The summed E-state index contributed by atoms with van der Waals surface area (Å²) in [6.07, 6.45) is -0.428. The molecule has 68 valence electrons. The van der Waals surface area contributed by atoms with Crippen LogP contribution in [0.15, 0.2) is 5.16 Å². The van der Waals surface area contributed by atoms with Crippen LogP contribution in [0.2, 0.25) is 0 Å². The van der Waals surface area contributed by atoms with Crippen LogP contribution < -0.4 is 0 Å². The molecule has 6 heteroatoms. The van der Waals surface area contributed by atoms with E-state index in [0.29, 0.717) is 0 Å². The van der Waals surface area contributed by atoms with Gasteiger partial charge in [-0.25, -0.2) is 0 Å². The van der Waals surface area contributed by atoms with Gasteiger partial charge in [0.2, 0.25) is 11.0 Å². The van der Waals surface area contributed by atoms with Crippen molar-refractivity contribution in [3.05, 3.63) is 0 Å². The zero-order chi connectivity index (χ0) is 9.56. The number of oxime groups is 1. The second-order valence-corrected chi connectivity index (χ2v) is 2.10. The first kappa shape index (κ1) is 10.9. The molecule has 12 heavy (non-hydrogen) atoms. The van der Waals surface area contributed by atoms with E-state index in [2.05, 4.69) is 14.7 Å². The van der Waals surface area contributed by atoms with Crippen LogP contribution in [0.1, 0.15) is 6.42 Å². The molecule has 5 nitrogen and oxygen atoms in total. The van der Waals surface area contributed by atoms with Crippen LogP contribution in [0.4, 0.5) is 0 Å². The molecular formula is C6H8ClNO4. The Balaban J connectivity index is 4.04. The summed E-state index contributed by atoms with van der Waals surface area (Å²) in [6.45, 7) is 0. The first-order valence-corrected chi connectivity index (χ1v) is 3.36. The standard InChI is InChI=1S/C6H8ClNO4/c1-11-5(10)3-4(9)6(7)8-12-2/h3H2,1-2H3. The molecule has 0 bridgehead atoms. The van der Waals surface area contributed by atoms with Gasteiger partial charge in [0.05, 0.1) is 7.11 Å². The average molecular weight is 194 g/mol. The van der Waals surface area contributed by atoms with Crippen molar-refractivity contribution in [2.75, 3.05) is 14.2 Å². The molecule has 0 unspecified atom stereocenters. The summed E-state index contributed by atoms with van der Waals surface area (Å²) < 4.78 is 4.23. The van der Waals surface area contributed by atoms with E-state index in [0.717, 1.165) is 0 Å². The van der Waals surface area contributed by atoms with Crippen molar-refractivity contribution in [1.82, 2.24) is 0 Å². The highest BCUT2D eigenvalue weighted by Gasteiger charge is 2.14. The van der Waals surface area contributed by atoms with Crippen LogP contribution in [-0.4, -0.2) is 31.1 Å². The van der Waals surface area contributed by atoms with E-state index in [9.17, 15) is 9.59 Å². The van der Waals surface area contributed by atoms with E-state index in [1.165, 1.54) is 14.2 Å². The maximum Gasteiger partial charge on any atom is 0.313 e. The van der Waals surface area contributed by atoms with Gasteiger partial charge in [-0.1, -0.05) is 16.8 Å². The van der Waals surface area contributed by atoms with Gasteiger partial charge in [0.25, 0.3) is 0 Å². The van der Waals surface area contributed by atoms with Crippen LogP contribution in [0.5, 0.6) is 0 Å². The van der Waals surface area contributed by atoms with Gasteiger partial charge in [-0.15, -0.1) is 0 Å². The van der Waals surface area contributed by atoms with Crippen molar-refractivity contribution in [2.24, 2.45) is 5.16 Å². The molecule has 0 aromatic carbocycles. The number of halogens is 1. The predicted octanol–water partition coefficient (Wildman–Crippen LogP) is 0.317. The highest BCUT2D eigenvalue weighted by atomic mass is 35.5. The molecule has 0 heterocycles. The number of hydrogen-bond acceptors (Lipinski definition) is 5. The van der Waals surface area contributed by atoms with E-state index in [1.807, 2.05) is 0 Å². The van der Waals surface area contributed by atoms with Gasteiger partial charge in [0.1, 0.15) is 13.5 Å². The summed E-state index contributed by atoms with van der Waals surface area (Å²) >= 11 is 5.30. The number of nitrogens with zero attached hydrogens (tertiary/aromatic N) is 1. The van der Waals surface area contributed by atoms with Gasteiger partial charge in [0, 0.05) is 0 Å². The van der Waals surface area contributed by atoms with Crippen molar-refractivity contribution in [3.8, 4) is 0 Å². The molecule has 0 spiro atoms. The Morgan fingerprint density at radius 2 is 2.00 bits per heavy atom. The van der Waals surface area contributed by atoms with E-state index in [-0.39, 0.29) is 5.17 Å². The second kappa shape index (κ2) is 5.54. The number of methoxy groups -OCH3 is 1. The number of carbonyl (C=O) groups excluding carboxylic acids is 2. The van der Waals surface area contributed by atoms with Gasteiger partial charge in [-0.3, -0.25) is 9.59 Å². The lowest BCUT2D eigenvalue weighted by atomic mass is 10.3. The number of ketones is 1. The van der Waals surface area contributed by atoms with Crippen molar-refractivity contribution in [2.45, 2.75) is 6.42 Å². The Hall–Kier alpha value is -1.10. The summed E-state index contributed by atoms with van der Waals surface area (Å²) in [6, 6.07) is 0. The van der Waals surface area contributed by atoms with Crippen molar-refractivity contribution in [3.63, 3.8) is 0 Å². The summed E-state index contributed by atoms with van der Waals surface area (Å²) in [7, 11) is 2.42. The van der Waals surface area contributed by atoms with Crippen LogP contribution in [0, 0.1) is 0 Å². The normalized spacial score (nSPS) is 10.8. The highest BCUT2D eigenvalue weighted by molar-refractivity contribution is 6.83. The third-order valence-corrected chi connectivity index (χ3v) is 1.21. The molecule has 0 rings (SSSR count). The van der Waals surface area contributed by atoms with Gasteiger partial charge >= 0.3 is 5.97 Å². The zero-order valence-electron chi connectivity index (χ0n) is 6.67. The fourth-order valence-electron chi connectivity index (χ4n) is 0.407. The molecular weight excluding hydrogens is 186 g/mol. The molecule has 0 atom stereocenters. The summed E-state index contributed by atoms with van der Waals surface area (Å²) in [5, 5.41) is 2.76. The van der Waals surface area contributed by atoms with Crippen LogP contribution in [0.25, 0.3) is 0 Å². The van der Waals surface area contributed by atoms with E-state index < -0.39 is 18.2 Å². The van der Waals surface area contributed by atoms with E-state index >= 15 is 0 Å². The van der Waals surface area contributed by atoms with Gasteiger partial charge in [-0.05, 0) is 0 Å². The van der Waals surface area contributed by atoms with E-state index in [4.69, 9.17) is 11.6 Å². The zero-order valence-corrected chi connectivity index (χ0v) is 7.42. The van der Waals surface area contributed by atoms with Gasteiger partial charge in [0.15, 0.2) is 0 Å². The molecule has 0 fully saturated rings. The Bertz CT molecular complexity index is 214. The number of ether oxygens (including phenoxy) is 1. The van der Waals surface area contributed by atoms with Crippen molar-refractivity contribution >= 4 is 28.5 Å². The number of esters is 1. The minimum Gasteiger partial charge on any atom is -0.469 e. The maximum absolute atomic E-state index is 10.9. The SMILES string of the molecule is CON=C(Cl)C(=O)CC(=O)OC. The largest absolute Gasteiger partial charge is 0.469 e. The third-order valence-electron chi connectivity index (χ3n) is 0.934. The minimum absolute atomic E-state index is 0.372. The Kier molecular flexibility index (Phi) is 5.03. The molecule has 0 aliphatic heterocycles. The summed E-state index contributed by atoms with van der Waals surface area (Å²) in [4.78, 5) is 25.6. The van der Waals surface area contributed by atoms with Crippen LogP contribution in [0.3, 0.4) is 0 Å². The fraction of sp³-hybridized carbons (Fsp3) is 0.500. The molecule has 0 radical (unpaired) electrons. The first-order chi connectivity index (χ1) is 5.61. The molecule has 0 aromatic rings. The maximum atomic E-state index is 10.9. The molecule has 0 aromatic heterocycles. The molecule has 0 N–H and O–H groups in total. The monoisotopic (exact) mass is 193 g/mol. The van der Waals surface area contributed by atoms with Crippen molar-refractivity contribution < 1.29 is 19.2 Å². The molecule has 0 saturated carbocycles. The number of Topliss-reactive ketones (excluding diaryl/α,β-unsaturated/α-hetero) is 1. The smallest absolute Gasteiger partial charge is 0.313 e. The predicted molar refractivity (Wildman–Crippen MR) is 41.9 cm³/mol. The van der Waals surface area contributed by atoms with Crippen molar-refractivity contribution in [1.29, 1.82) is 0 Å². The molecule has 0 amide bonds. The quantitative estimate of drug-likeness (QED) is 0.279. The fourth-order valence-corrected chi connectivity index (χ4v) is 0.543. The molecule has 0 aliphatic carbocycles. The Morgan fingerprint density at radius 3 is 2.42 bits per heavy atom. The Morgan fingerprint density at radius 1 is 1.42 bits per heavy atom. The average Bonchev–Trinajstić information content (AvgIpc) is 2.04. The number of carbonyl (C=O) groups is 2. The lowest BCUT2D eigenvalue weighted by Gasteiger charge is -1.95. The minimum atomic E-state index is -0.663. The van der Waals surface area contributed by atoms with Crippen LogP contribution >= 0.6 is 11.6 Å². The Labute approximate surface area is 74.3 Å². The third kappa shape index (κ3) is 3.92. The lowest BCUT2D eigenvalue weighted by Crippen LogP contribution is -2.14. The molecule has 0 saturated heterocycles. The van der Waals surface area contributed by atoms with Gasteiger partial charge in [-0.2, -0.15) is 0 Å². The summed E-state index contributed by atoms with van der Waals surface area (Å²) in [5.41, 5.74) is 0. The van der Waals surface area contributed by atoms with E-state index in [1.54, 1.807) is 0 Å². The lowest BCUT2D eigenvalue weighted by molar-refractivity contribution is -0.142. The highest BCUT2D eigenvalue weighted by Crippen LogP contribution is 1.95. The summed E-state index contributed by atoms with van der Waals surface area (Å²) in [5.74, 6) is -1.30. The topological polar surface area (TPSA) is 65.0 Å².